The lowest BCUT2D eigenvalue weighted by Crippen LogP contribution is -2.39. The molecule has 0 aliphatic rings. The molecule has 3 N–H and O–H groups in total. The molecule has 0 fully saturated rings. The van der Waals surface area contributed by atoms with Crippen molar-refractivity contribution in [2.24, 2.45) is 0 Å². The lowest BCUT2D eigenvalue weighted by atomic mass is 10.1. The Morgan fingerprint density at radius 3 is 2.74 bits per heavy atom. The molecule has 19 heavy (non-hydrogen) atoms. The number of halogens is 1. The SMILES string of the molecule is CCCC(CC(=O)O)NC(=O)Nc1cccc(F)c1. The fourth-order valence-corrected chi connectivity index (χ4v) is 1.70. The average molecular weight is 268 g/mol. The van der Waals surface area contributed by atoms with Crippen molar-refractivity contribution in [3.05, 3.63) is 30.1 Å². The lowest BCUT2D eigenvalue weighted by Gasteiger charge is -2.16. The van der Waals surface area contributed by atoms with Gasteiger partial charge in [-0.25, -0.2) is 9.18 Å². The molecule has 2 amide bonds. The molecule has 0 radical (unpaired) electrons. The summed E-state index contributed by atoms with van der Waals surface area (Å²) < 4.78 is 12.9. The van der Waals surface area contributed by atoms with E-state index in [0.29, 0.717) is 12.1 Å². The first-order valence-electron chi connectivity index (χ1n) is 6.06. The highest BCUT2D eigenvalue weighted by Gasteiger charge is 2.15. The minimum atomic E-state index is -0.968. The van der Waals surface area contributed by atoms with Crippen molar-refractivity contribution in [1.29, 1.82) is 0 Å². The van der Waals surface area contributed by atoms with Crippen LogP contribution in [0.1, 0.15) is 26.2 Å². The highest BCUT2D eigenvalue weighted by molar-refractivity contribution is 5.89. The lowest BCUT2D eigenvalue weighted by molar-refractivity contribution is -0.137. The zero-order chi connectivity index (χ0) is 14.3. The number of carboxylic acids is 1. The Kier molecular flexibility index (Phi) is 5.78. The van der Waals surface area contributed by atoms with Gasteiger partial charge in [-0.2, -0.15) is 0 Å². The van der Waals surface area contributed by atoms with Crippen molar-refractivity contribution in [2.45, 2.75) is 32.2 Å². The van der Waals surface area contributed by atoms with Crippen LogP contribution in [-0.4, -0.2) is 23.1 Å². The number of benzene rings is 1. The largest absolute Gasteiger partial charge is 0.481 e. The van der Waals surface area contributed by atoms with Crippen LogP contribution in [-0.2, 0) is 4.79 Å². The highest BCUT2D eigenvalue weighted by atomic mass is 19.1. The highest BCUT2D eigenvalue weighted by Crippen LogP contribution is 2.09. The third kappa shape index (κ3) is 5.85. The first-order valence-corrected chi connectivity index (χ1v) is 6.06. The van der Waals surface area contributed by atoms with Crippen LogP contribution in [0, 0.1) is 5.82 Å². The Hall–Kier alpha value is -2.11. The number of carboxylic acid groups (broad SMARTS) is 1. The summed E-state index contributed by atoms with van der Waals surface area (Å²) in [5, 5.41) is 13.8. The normalized spacial score (nSPS) is 11.7. The monoisotopic (exact) mass is 268 g/mol. The van der Waals surface area contributed by atoms with Crippen LogP contribution >= 0.6 is 0 Å². The number of nitrogens with one attached hydrogen (secondary N) is 2. The van der Waals surface area contributed by atoms with Crippen molar-refractivity contribution in [3.8, 4) is 0 Å². The molecule has 0 aliphatic carbocycles. The first-order chi connectivity index (χ1) is 9.01. The van der Waals surface area contributed by atoms with Gasteiger partial charge < -0.3 is 15.7 Å². The third-order valence-corrected chi connectivity index (χ3v) is 2.48. The van der Waals surface area contributed by atoms with E-state index in [1.54, 1.807) is 6.07 Å². The van der Waals surface area contributed by atoms with Crippen molar-refractivity contribution in [1.82, 2.24) is 5.32 Å². The molecule has 0 aliphatic heterocycles. The van der Waals surface area contributed by atoms with Gasteiger partial charge in [0, 0.05) is 11.7 Å². The zero-order valence-corrected chi connectivity index (χ0v) is 10.6. The Morgan fingerprint density at radius 2 is 2.16 bits per heavy atom. The molecule has 1 aromatic carbocycles. The minimum absolute atomic E-state index is 0.135. The summed E-state index contributed by atoms with van der Waals surface area (Å²) in [4.78, 5) is 22.3. The molecule has 104 valence electrons. The molecule has 0 spiro atoms. The van der Waals surface area contributed by atoms with Crippen molar-refractivity contribution < 1.29 is 19.1 Å². The molecule has 0 saturated carbocycles. The van der Waals surface area contributed by atoms with Crippen LogP contribution in [0.4, 0.5) is 14.9 Å². The van der Waals surface area contributed by atoms with Gasteiger partial charge in [0.2, 0.25) is 0 Å². The summed E-state index contributed by atoms with van der Waals surface area (Å²) in [5.74, 6) is -1.42. The summed E-state index contributed by atoms with van der Waals surface area (Å²) in [6, 6.07) is 4.51. The van der Waals surface area contributed by atoms with E-state index in [2.05, 4.69) is 10.6 Å². The molecule has 0 heterocycles. The number of hydrogen-bond donors (Lipinski definition) is 3. The molecule has 1 rings (SSSR count). The van der Waals surface area contributed by atoms with E-state index in [-0.39, 0.29) is 6.42 Å². The number of anilines is 1. The maximum atomic E-state index is 12.9. The maximum Gasteiger partial charge on any atom is 0.319 e. The van der Waals surface area contributed by atoms with Crippen LogP contribution in [0.5, 0.6) is 0 Å². The van der Waals surface area contributed by atoms with Gasteiger partial charge in [0.25, 0.3) is 0 Å². The van der Waals surface area contributed by atoms with E-state index < -0.39 is 23.9 Å². The molecular weight excluding hydrogens is 251 g/mol. The summed E-state index contributed by atoms with van der Waals surface area (Å²) >= 11 is 0. The van der Waals surface area contributed by atoms with Crippen LogP contribution in [0.2, 0.25) is 0 Å². The van der Waals surface area contributed by atoms with E-state index >= 15 is 0 Å². The van der Waals surface area contributed by atoms with Gasteiger partial charge in [-0.15, -0.1) is 0 Å². The second-order valence-electron chi connectivity index (χ2n) is 4.19. The maximum absolute atomic E-state index is 12.9. The van der Waals surface area contributed by atoms with Gasteiger partial charge >= 0.3 is 12.0 Å². The quantitative estimate of drug-likeness (QED) is 0.742. The molecule has 6 heteroatoms. The van der Waals surface area contributed by atoms with Crippen molar-refractivity contribution >= 4 is 17.7 Å². The smallest absolute Gasteiger partial charge is 0.319 e. The van der Waals surface area contributed by atoms with Crippen LogP contribution in [0.25, 0.3) is 0 Å². The summed E-state index contributed by atoms with van der Waals surface area (Å²) in [5.41, 5.74) is 0.322. The molecular formula is C13H17FN2O3. The van der Waals surface area contributed by atoms with Crippen molar-refractivity contribution in [2.75, 3.05) is 5.32 Å². The summed E-state index contributed by atoms with van der Waals surface area (Å²) in [6.07, 6.45) is 1.20. The fourth-order valence-electron chi connectivity index (χ4n) is 1.70. The number of carbonyl (C=O) groups is 2. The van der Waals surface area contributed by atoms with E-state index in [4.69, 9.17) is 5.11 Å². The predicted molar refractivity (Wildman–Crippen MR) is 69.5 cm³/mol. The second-order valence-corrected chi connectivity index (χ2v) is 4.19. The minimum Gasteiger partial charge on any atom is -0.481 e. The fraction of sp³-hybridized carbons (Fsp3) is 0.385. The number of carbonyl (C=O) groups excluding carboxylic acids is 1. The van der Waals surface area contributed by atoms with Crippen LogP contribution in [0.15, 0.2) is 24.3 Å². The number of urea groups is 1. The van der Waals surface area contributed by atoms with Gasteiger partial charge in [0.1, 0.15) is 5.82 Å². The van der Waals surface area contributed by atoms with Gasteiger partial charge in [-0.1, -0.05) is 19.4 Å². The second kappa shape index (κ2) is 7.35. The Bertz CT molecular complexity index is 451. The number of amides is 2. The predicted octanol–water partition coefficient (Wildman–Crippen LogP) is 2.59. The standard InChI is InChI=1S/C13H17FN2O3/c1-2-4-10(8-12(17)18)15-13(19)16-11-6-3-5-9(14)7-11/h3,5-7,10H,2,4,8H2,1H3,(H,17,18)(H2,15,16,19). The van der Waals surface area contributed by atoms with Gasteiger partial charge in [-0.3, -0.25) is 4.79 Å². The molecule has 0 bridgehead atoms. The molecule has 0 saturated heterocycles. The van der Waals surface area contributed by atoms with Crippen LogP contribution < -0.4 is 10.6 Å². The van der Waals surface area contributed by atoms with E-state index in [0.717, 1.165) is 6.42 Å². The molecule has 1 atom stereocenters. The van der Waals surface area contributed by atoms with E-state index in [1.807, 2.05) is 6.92 Å². The average Bonchev–Trinajstić information content (AvgIpc) is 2.27. The van der Waals surface area contributed by atoms with Gasteiger partial charge in [0.15, 0.2) is 0 Å². The Balaban J connectivity index is 2.54. The third-order valence-electron chi connectivity index (χ3n) is 2.48. The number of rotatable bonds is 6. The Labute approximate surface area is 110 Å². The molecule has 0 aromatic heterocycles. The number of aliphatic carboxylic acids is 1. The van der Waals surface area contributed by atoms with Gasteiger partial charge in [0.05, 0.1) is 6.42 Å². The topological polar surface area (TPSA) is 78.4 Å². The van der Waals surface area contributed by atoms with E-state index in [9.17, 15) is 14.0 Å². The van der Waals surface area contributed by atoms with E-state index in [1.165, 1.54) is 18.2 Å². The molecule has 5 nitrogen and oxygen atoms in total. The summed E-state index contributed by atoms with van der Waals surface area (Å²) in [6.45, 7) is 1.90. The zero-order valence-electron chi connectivity index (χ0n) is 10.6. The van der Waals surface area contributed by atoms with Crippen molar-refractivity contribution in [3.63, 3.8) is 0 Å². The molecule has 1 aromatic rings. The Morgan fingerprint density at radius 1 is 1.42 bits per heavy atom. The van der Waals surface area contributed by atoms with Gasteiger partial charge in [-0.05, 0) is 24.6 Å². The molecule has 1 unspecified atom stereocenters. The number of hydrogen-bond acceptors (Lipinski definition) is 2. The first kappa shape index (κ1) is 14.9. The van der Waals surface area contributed by atoms with Crippen LogP contribution in [0.3, 0.4) is 0 Å². The summed E-state index contributed by atoms with van der Waals surface area (Å²) in [7, 11) is 0.